The Balaban J connectivity index is 3.39. The fourth-order valence-electron chi connectivity index (χ4n) is 0.388. The lowest BCUT2D eigenvalue weighted by Gasteiger charge is -1.96. The number of carboxylic acid groups (broad SMARTS) is 1. The molecule has 0 unspecified atom stereocenters. The van der Waals surface area contributed by atoms with Crippen molar-refractivity contribution in [3.05, 3.63) is 0 Å². The Bertz CT molecular complexity index is 121. The lowest BCUT2D eigenvalue weighted by Crippen LogP contribution is -2.50. The number of ketones is 1. The molecule has 0 saturated heterocycles. The van der Waals surface area contributed by atoms with Crippen molar-refractivity contribution in [1.29, 1.82) is 0 Å². The molecule has 4 nitrogen and oxygen atoms in total. The third kappa shape index (κ3) is 3.66. The van der Waals surface area contributed by atoms with Crippen molar-refractivity contribution in [2.75, 3.05) is 6.54 Å². The van der Waals surface area contributed by atoms with Gasteiger partial charge in [-0.3, -0.25) is 4.79 Å². The second-order valence-corrected chi connectivity index (χ2v) is 1.67. The van der Waals surface area contributed by atoms with Crippen LogP contribution >= 0.6 is 0 Å². The molecule has 3 N–H and O–H groups in total. The Morgan fingerprint density at radius 3 is 2.33 bits per heavy atom. The highest BCUT2D eigenvalue weighted by Gasteiger charge is 2.00. The van der Waals surface area contributed by atoms with Crippen LogP contribution in [0, 0.1) is 0 Å². The van der Waals surface area contributed by atoms with E-state index in [1.165, 1.54) is 0 Å². The van der Waals surface area contributed by atoms with E-state index in [-0.39, 0.29) is 6.42 Å². The van der Waals surface area contributed by atoms with Crippen LogP contribution in [0.25, 0.3) is 0 Å². The molecule has 0 rings (SSSR count). The average molecular weight is 131 g/mol. The number of Topliss-reactive ketones (excluding diaryl/α,β-unsaturated/α-hetero) is 1. The van der Waals surface area contributed by atoms with Crippen molar-refractivity contribution in [2.45, 2.75) is 12.8 Å². The predicted molar refractivity (Wildman–Crippen MR) is 27.0 cm³/mol. The zero-order valence-corrected chi connectivity index (χ0v) is 5.05. The van der Waals surface area contributed by atoms with Gasteiger partial charge in [-0.2, -0.15) is 0 Å². The first-order valence-electron chi connectivity index (χ1n) is 2.72. The van der Waals surface area contributed by atoms with Gasteiger partial charge in [0.25, 0.3) is 0 Å². The van der Waals surface area contributed by atoms with Crippen molar-refractivity contribution in [3.63, 3.8) is 0 Å². The molecule has 0 bridgehead atoms. The number of hydrogen-bond donors (Lipinski definition) is 1. The van der Waals surface area contributed by atoms with Crippen molar-refractivity contribution < 1.29 is 20.4 Å². The normalized spacial score (nSPS) is 9.00. The number of carboxylic acids is 1. The fourth-order valence-corrected chi connectivity index (χ4v) is 0.388. The number of hydrogen-bond acceptors (Lipinski definition) is 3. The SMILES string of the molecule is [NH3+]CCCC(=O)C(=O)[O-]. The van der Waals surface area contributed by atoms with Crippen LogP contribution in [0.4, 0.5) is 0 Å². The van der Waals surface area contributed by atoms with E-state index in [0.717, 1.165) is 0 Å². The summed E-state index contributed by atoms with van der Waals surface area (Å²) in [7, 11) is 0. The first-order valence-corrected chi connectivity index (χ1v) is 2.72. The molecule has 0 atom stereocenters. The average Bonchev–Trinajstić information content (AvgIpc) is 1.82. The third-order valence-corrected chi connectivity index (χ3v) is 0.882. The molecule has 0 aliphatic carbocycles. The first kappa shape index (κ1) is 8.10. The van der Waals surface area contributed by atoms with Crippen LogP contribution in [-0.4, -0.2) is 18.3 Å². The molecule has 0 aliphatic heterocycles. The molecule has 0 radical (unpaired) electrons. The number of carbonyl (C=O) groups is 2. The van der Waals surface area contributed by atoms with Crippen molar-refractivity contribution >= 4 is 11.8 Å². The summed E-state index contributed by atoms with van der Waals surface area (Å²) < 4.78 is 0. The minimum Gasteiger partial charge on any atom is -0.542 e. The van der Waals surface area contributed by atoms with Gasteiger partial charge < -0.3 is 15.6 Å². The van der Waals surface area contributed by atoms with Crippen LogP contribution in [0.3, 0.4) is 0 Å². The highest BCUT2D eigenvalue weighted by Crippen LogP contribution is 1.84. The highest BCUT2D eigenvalue weighted by atomic mass is 16.4. The second-order valence-electron chi connectivity index (χ2n) is 1.67. The van der Waals surface area contributed by atoms with Crippen LogP contribution in [-0.2, 0) is 9.59 Å². The maximum absolute atomic E-state index is 10.2. The summed E-state index contributed by atoms with van der Waals surface area (Å²) in [5, 5.41) is 9.72. The summed E-state index contributed by atoms with van der Waals surface area (Å²) >= 11 is 0. The highest BCUT2D eigenvalue weighted by molar-refractivity contribution is 6.31. The molecular formula is C5H9NO3. The van der Waals surface area contributed by atoms with E-state index in [4.69, 9.17) is 0 Å². The Morgan fingerprint density at radius 2 is 2.00 bits per heavy atom. The van der Waals surface area contributed by atoms with Gasteiger partial charge >= 0.3 is 0 Å². The molecule has 0 fully saturated rings. The van der Waals surface area contributed by atoms with Crippen LogP contribution in [0.5, 0.6) is 0 Å². The molecule has 0 spiro atoms. The lowest BCUT2D eigenvalue weighted by atomic mass is 10.2. The van der Waals surface area contributed by atoms with Crippen LogP contribution < -0.4 is 10.8 Å². The first-order chi connectivity index (χ1) is 4.18. The second kappa shape index (κ2) is 4.03. The number of carbonyl (C=O) groups excluding carboxylic acids is 2. The number of quaternary nitrogens is 1. The standard InChI is InChI=1S/C5H9NO3/c6-3-1-2-4(7)5(8)9/h1-3,6H2,(H,8,9). The zero-order valence-electron chi connectivity index (χ0n) is 5.05. The molecule has 0 aromatic rings. The fraction of sp³-hybridized carbons (Fsp3) is 0.600. The minimum atomic E-state index is -1.59. The molecule has 0 saturated carbocycles. The van der Waals surface area contributed by atoms with Gasteiger partial charge in [0.05, 0.1) is 6.54 Å². The van der Waals surface area contributed by atoms with Gasteiger partial charge in [0.15, 0.2) is 5.78 Å². The van der Waals surface area contributed by atoms with E-state index in [1.54, 1.807) is 0 Å². The maximum Gasteiger partial charge on any atom is 0.178 e. The van der Waals surface area contributed by atoms with E-state index in [2.05, 4.69) is 5.73 Å². The largest absolute Gasteiger partial charge is 0.542 e. The van der Waals surface area contributed by atoms with Crippen molar-refractivity contribution in [2.24, 2.45) is 0 Å². The smallest absolute Gasteiger partial charge is 0.178 e. The summed E-state index contributed by atoms with van der Waals surface area (Å²) in [6.45, 7) is 0.582. The zero-order chi connectivity index (χ0) is 7.28. The monoisotopic (exact) mass is 131 g/mol. The quantitative estimate of drug-likeness (QED) is 0.422. The van der Waals surface area contributed by atoms with E-state index < -0.39 is 11.8 Å². The number of aliphatic carboxylic acids is 1. The van der Waals surface area contributed by atoms with E-state index in [0.29, 0.717) is 13.0 Å². The Labute approximate surface area is 52.7 Å². The Morgan fingerprint density at radius 1 is 1.44 bits per heavy atom. The summed E-state index contributed by atoms with van der Waals surface area (Å²) in [5.74, 6) is -2.43. The Kier molecular flexibility index (Phi) is 3.62. The lowest BCUT2D eigenvalue weighted by molar-refractivity contribution is -0.368. The van der Waals surface area contributed by atoms with Gasteiger partial charge in [-0.25, -0.2) is 0 Å². The minimum absolute atomic E-state index is 0.0475. The summed E-state index contributed by atoms with van der Waals surface area (Å²) in [4.78, 5) is 19.9. The van der Waals surface area contributed by atoms with Gasteiger partial charge in [0.2, 0.25) is 0 Å². The Hall–Kier alpha value is -0.900. The molecular weight excluding hydrogens is 122 g/mol. The van der Waals surface area contributed by atoms with Crippen LogP contribution in [0.15, 0.2) is 0 Å². The summed E-state index contributed by atoms with van der Waals surface area (Å²) in [6.07, 6.45) is 0.568. The van der Waals surface area contributed by atoms with Gasteiger partial charge in [-0.15, -0.1) is 0 Å². The molecule has 9 heavy (non-hydrogen) atoms. The molecule has 0 aromatic carbocycles. The topological polar surface area (TPSA) is 84.8 Å². The van der Waals surface area contributed by atoms with Crippen molar-refractivity contribution in [1.82, 2.24) is 0 Å². The van der Waals surface area contributed by atoms with Gasteiger partial charge in [-0.05, 0) is 0 Å². The molecule has 0 amide bonds. The third-order valence-electron chi connectivity index (χ3n) is 0.882. The molecule has 0 aliphatic rings. The van der Waals surface area contributed by atoms with E-state index >= 15 is 0 Å². The van der Waals surface area contributed by atoms with Crippen LogP contribution in [0.2, 0.25) is 0 Å². The van der Waals surface area contributed by atoms with Crippen molar-refractivity contribution in [3.8, 4) is 0 Å². The summed E-state index contributed by atoms with van der Waals surface area (Å²) in [6, 6.07) is 0. The van der Waals surface area contributed by atoms with Gasteiger partial charge in [0, 0.05) is 12.8 Å². The van der Waals surface area contributed by atoms with E-state index in [1.807, 2.05) is 0 Å². The van der Waals surface area contributed by atoms with Gasteiger partial charge in [-0.1, -0.05) is 0 Å². The molecule has 0 heterocycles. The predicted octanol–water partition coefficient (Wildman–Crippen LogP) is -2.67. The number of rotatable bonds is 4. The summed E-state index contributed by atoms with van der Waals surface area (Å²) in [5.41, 5.74) is 3.45. The van der Waals surface area contributed by atoms with Gasteiger partial charge in [0.1, 0.15) is 5.97 Å². The maximum atomic E-state index is 10.2. The molecule has 4 heteroatoms. The molecule has 52 valence electrons. The molecule has 0 aromatic heterocycles. The van der Waals surface area contributed by atoms with Crippen LogP contribution in [0.1, 0.15) is 12.8 Å². The van der Waals surface area contributed by atoms with E-state index in [9.17, 15) is 14.7 Å².